The minimum Gasteiger partial charge on any atom is -0.465 e. The van der Waals surface area contributed by atoms with Crippen LogP contribution in [0.5, 0.6) is 0 Å². The molecule has 0 aliphatic rings. The first-order chi connectivity index (χ1) is 11.1. The fourth-order valence-corrected chi connectivity index (χ4v) is 2.51. The summed E-state index contributed by atoms with van der Waals surface area (Å²) in [6.45, 7) is 0.291. The van der Waals surface area contributed by atoms with Crippen LogP contribution in [0.3, 0.4) is 0 Å². The molecule has 1 aromatic rings. The third kappa shape index (κ3) is 8.24. The molecule has 0 aromatic heterocycles. The van der Waals surface area contributed by atoms with Crippen molar-refractivity contribution in [2.45, 2.75) is 51.4 Å². The van der Waals surface area contributed by atoms with Gasteiger partial charge in [-0.3, -0.25) is 0 Å². The Hall–Kier alpha value is -2.04. The smallest absolute Gasteiger partial charge is 0.465 e. The van der Waals surface area contributed by atoms with E-state index in [1.54, 1.807) is 6.07 Å². The lowest BCUT2D eigenvalue weighted by atomic mass is 10.0. The molecule has 5 heteroatoms. The molecule has 0 aliphatic heterocycles. The molecule has 0 fully saturated rings. The molecule has 0 amide bonds. The number of esters is 1. The largest absolute Gasteiger partial charge is 0.505 e. The van der Waals surface area contributed by atoms with Gasteiger partial charge in [-0.2, -0.15) is 0 Å². The second-order valence-electron chi connectivity index (χ2n) is 5.49. The van der Waals surface area contributed by atoms with Crippen molar-refractivity contribution in [3.05, 3.63) is 35.4 Å². The molecule has 0 spiro atoms. The van der Waals surface area contributed by atoms with E-state index in [4.69, 9.17) is 9.84 Å². The number of hydrogen-bond donors (Lipinski definition) is 1. The monoisotopic (exact) mass is 322 g/mol. The maximum absolute atomic E-state index is 11.7. The zero-order valence-corrected chi connectivity index (χ0v) is 13.8. The van der Waals surface area contributed by atoms with Gasteiger partial charge in [0.15, 0.2) is 0 Å². The van der Waals surface area contributed by atoms with Crippen molar-refractivity contribution in [3.8, 4) is 0 Å². The second-order valence-corrected chi connectivity index (χ2v) is 5.49. The van der Waals surface area contributed by atoms with Gasteiger partial charge in [0, 0.05) is 0 Å². The van der Waals surface area contributed by atoms with E-state index in [1.807, 2.05) is 18.2 Å². The molecule has 1 N–H and O–H groups in total. The summed E-state index contributed by atoms with van der Waals surface area (Å²) in [5.74, 6) is -0.274. The Morgan fingerprint density at radius 1 is 0.957 bits per heavy atom. The van der Waals surface area contributed by atoms with Crippen LogP contribution in [0.1, 0.15) is 60.9 Å². The summed E-state index contributed by atoms with van der Waals surface area (Å²) in [7, 11) is 1.40. The molecule has 1 aromatic carbocycles. The number of rotatable bonds is 11. The highest BCUT2D eigenvalue weighted by atomic mass is 16.7. The van der Waals surface area contributed by atoms with Gasteiger partial charge in [0.1, 0.15) is 0 Å². The molecule has 0 aliphatic carbocycles. The van der Waals surface area contributed by atoms with E-state index in [9.17, 15) is 9.59 Å². The van der Waals surface area contributed by atoms with Gasteiger partial charge in [0.05, 0.1) is 19.3 Å². The SMILES string of the molecule is COC(=O)c1ccccc1CCCCCCCCCOC(=O)O. The number of carbonyl (C=O) groups excluding carboxylic acids is 1. The van der Waals surface area contributed by atoms with Crippen molar-refractivity contribution in [3.63, 3.8) is 0 Å². The highest BCUT2D eigenvalue weighted by molar-refractivity contribution is 5.90. The quantitative estimate of drug-likeness (QED) is 0.481. The average molecular weight is 322 g/mol. The zero-order chi connectivity index (χ0) is 16.9. The maximum Gasteiger partial charge on any atom is 0.505 e. The first-order valence-corrected chi connectivity index (χ1v) is 8.17. The summed E-state index contributed by atoms with van der Waals surface area (Å²) in [6, 6.07) is 7.58. The Balaban J connectivity index is 2.09. The van der Waals surface area contributed by atoms with E-state index in [0.717, 1.165) is 56.9 Å². The molecular weight excluding hydrogens is 296 g/mol. The third-order valence-corrected chi connectivity index (χ3v) is 3.74. The van der Waals surface area contributed by atoms with Crippen molar-refractivity contribution >= 4 is 12.1 Å². The Morgan fingerprint density at radius 2 is 1.57 bits per heavy atom. The standard InChI is InChI=1S/C18H26O5/c1-22-17(19)16-13-9-8-12-15(16)11-7-5-3-2-4-6-10-14-23-18(20)21/h8-9,12-13H,2-7,10-11,14H2,1H3,(H,20,21). The predicted molar refractivity (Wildman–Crippen MR) is 87.8 cm³/mol. The van der Waals surface area contributed by atoms with Crippen LogP contribution in [0.2, 0.25) is 0 Å². The molecular formula is C18H26O5. The summed E-state index contributed by atoms with van der Waals surface area (Å²) in [4.78, 5) is 21.8. The molecule has 0 radical (unpaired) electrons. The van der Waals surface area contributed by atoms with Crippen molar-refractivity contribution < 1.29 is 24.2 Å². The first-order valence-electron chi connectivity index (χ1n) is 8.17. The average Bonchev–Trinajstić information content (AvgIpc) is 2.56. The predicted octanol–water partition coefficient (Wildman–Crippen LogP) is 4.44. The summed E-state index contributed by atoms with van der Waals surface area (Å²) in [5, 5.41) is 8.33. The van der Waals surface area contributed by atoms with Crippen LogP contribution < -0.4 is 0 Å². The minimum atomic E-state index is -1.20. The molecule has 23 heavy (non-hydrogen) atoms. The molecule has 0 saturated heterocycles. The van der Waals surface area contributed by atoms with Crippen molar-refractivity contribution in [2.75, 3.05) is 13.7 Å². The van der Waals surface area contributed by atoms with Crippen molar-refractivity contribution in [1.82, 2.24) is 0 Å². The highest BCUT2D eigenvalue weighted by Crippen LogP contribution is 2.15. The van der Waals surface area contributed by atoms with Crippen LogP contribution in [-0.2, 0) is 15.9 Å². The summed E-state index contributed by atoms with van der Waals surface area (Å²) in [6.07, 6.45) is 7.05. The highest BCUT2D eigenvalue weighted by Gasteiger charge is 2.10. The number of methoxy groups -OCH3 is 1. The molecule has 0 heterocycles. The maximum atomic E-state index is 11.7. The number of carbonyl (C=O) groups is 2. The van der Waals surface area contributed by atoms with Crippen molar-refractivity contribution in [2.24, 2.45) is 0 Å². The van der Waals surface area contributed by atoms with Gasteiger partial charge in [0.2, 0.25) is 0 Å². The number of hydrogen-bond acceptors (Lipinski definition) is 4. The fraction of sp³-hybridized carbons (Fsp3) is 0.556. The summed E-state index contributed by atoms with van der Waals surface area (Å²) in [5.41, 5.74) is 1.71. The molecule has 128 valence electrons. The Morgan fingerprint density at radius 3 is 2.22 bits per heavy atom. The van der Waals surface area contributed by atoms with Crippen LogP contribution in [-0.4, -0.2) is 30.9 Å². The lowest BCUT2D eigenvalue weighted by Gasteiger charge is -2.07. The molecule has 0 unspecified atom stereocenters. The first kappa shape index (κ1) is 19.0. The lowest BCUT2D eigenvalue weighted by molar-refractivity contribution is 0.0599. The van der Waals surface area contributed by atoms with E-state index in [2.05, 4.69) is 4.74 Å². The lowest BCUT2D eigenvalue weighted by Crippen LogP contribution is -2.05. The van der Waals surface area contributed by atoms with Gasteiger partial charge in [-0.05, 0) is 30.9 Å². The number of ether oxygens (including phenoxy) is 2. The van der Waals surface area contributed by atoms with Crippen LogP contribution in [0.15, 0.2) is 24.3 Å². The van der Waals surface area contributed by atoms with Gasteiger partial charge >= 0.3 is 12.1 Å². The number of unbranched alkanes of at least 4 members (excludes halogenated alkanes) is 6. The van der Waals surface area contributed by atoms with Gasteiger partial charge in [-0.25, -0.2) is 9.59 Å². The summed E-state index contributed by atoms with van der Waals surface area (Å²) < 4.78 is 9.25. The fourth-order valence-electron chi connectivity index (χ4n) is 2.51. The van der Waals surface area contributed by atoms with E-state index in [1.165, 1.54) is 7.11 Å². The molecule has 5 nitrogen and oxygen atoms in total. The molecule has 0 saturated carbocycles. The third-order valence-electron chi connectivity index (χ3n) is 3.74. The van der Waals surface area contributed by atoms with Crippen molar-refractivity contribution in [1.29, 1.82) is 0 Å². The van der Waals surface area contributed by atoms with Gasteiger partial charge in [0.25, 0.3) is 0 Å². The second kappa shape index (κ2) is 11.5. The Labute approximate surface area is 137 Å². The number of aryl methyl sites for hydroxylation is 1. The number of carboxylic acid groups (broad SMARTS) is 1. The summed E-state index contributed by atoms with van der Waals surface area (Å²) >= 11 is 0. The van der Waals surface area contributed by atoms with E-state index in [-0.39, 0.29) is 5.97 Å². The van der Waals surface area contributed by atoms with Gasteiger partial charge in [-0.15, -0.1) is 0 Å². The van der Waals surface area contributed by atoms with E-state index < -0.39 is 6.16 Å². The molecule has 0 bridgehead atoms. The van der Waals surface area contributed by atoms with Crippen LogP contribution >= 0.6 is 0 Å². The normalized spacial score (nSPS) is 10.3. The Bertz CT molecular complexity index is 484. The van der Waals surface area contributed by atoms with Crippen LogP contribution in [0, 0.1) is 0 Å². The van der Waals surface area contributed by atoms with Crippen LogP contribution in [0.4, 0.5) is 4.79 Å². The molecule has 1 rings (SSSR count). The van der Waals surface area contributed by atoms with Gasteiger partial charge in [-0.1, -0.05) is 50.3 Å². The Kier molecular flexibility index (Phi) is 9.52. The van der Waals surface area contributed by atoms with Gasteiger partial charge < -0.3 is 14.6 Å². The molecule has 0 atom stereocenters. The zero-order valence-electron chi connectivity index (χ0n) is 13.8. The number of benzene rings is 1. The van der Waals surface area contributed by atoms with E-state index >= 15 is 0 Å². The minimum absolute atomic E-state index is 0.274. The van der Waals surface area contributed by atoms with Crippen LogP contribution in [0.25, 0.3) is 0 Å². The van der Waals surface area contributed by atoms with E-state index in [0.29, 0.717) is 12.2 Å². The topological polar surface area (TPSA) is 72.8 Å².